The Morgan fingerprint density at radius 1 is 1.14 bits per heavy atom. The highest BCUT2D eigenvalue weighted by atomic mass is 35.5. The van der Waals surface area contributed by atoms with Crippen molar-refractivity contribution in [1.29, 1.82) is 0 Å². The highest BCUT2D eigenvalue weighted by Gasteiger charge is 2.19. The van der Waals surface area contributed by atoms with Gasteiger partial charge >= 0.3 is 0 Å². The number of halogens is 1. The van der Waals surface area contributed by atoms with E-state index in [1.165, 1.54) is 4.68 Å². The number of rotatable bonds is 5. The fraction of sp³-hybridized carbons (Fsp3) is 0.200. The van der Waals surface area contributed by atoms with Crippen molar-refractivity contribution in [3.05, 3.63) is 71.3 Å². The first-order chi connectivity index (χ1) is 13.6. The van der Waals surface area contributed by atoms with E-state index in [4.69, 9.17) is 11.6 Å². The summed E-state index contributed by atoms with van der Waals surface area (Å²) >= 11 is 6.19. The first-order valence-corrected chi connectivity index (χ1v) is 9.33. The quantitative estimate of drug-likeness (QED) is 0.519. The van der Waals surface area contributed by atoms with E-state index < -0.39 is 0 Å². The Kier molecular flexibility index (Phi) is 4.83. The number of nitrogens with zero attached hydrogens (tertiary/aromatic N) is 6. The molecular weight excluding hydrogens is 376 g/mol. The summed E-state index contributed by atoms with van der Waals surface area (Å²) in [6.07, 6.45) is 1.59. The molecule has 2 aromatic carbocycles. The zero-order chi connectivity index (χ0) is 19.7. The van der Waals surface area contributed by atoms with Gasteiger partial charge in [0.25, 0.3) is 5.91 Å². The third-order valence-electron chi connectivity index (χ3n) is 4.59. The molecule has 0 aliphatic heterocycles. The Morgan fingerprint density at radius 2 is 1.89 bits per heavy atom. The molecular formula is C20H19ClN6O. The Bertz CT molecular complexity index is 1150. The molecule has 142 valence electrons. The lowest BCUT2D eigenvalue weighted by molar-refractivity contribution is 0.0774. The van der Waals surface area contributed by atoms with Gasteiger partial charge in [-0.15, -0.1) is 5.10 Å². The number of benzene rings is 2. The van der Waals surface area contributed by atoms with Crippen LogP contribution in [0, 0.1) is 0 Å². The zero-order valence-corrected chi connectivity index (χ0v) is 16.3. The molecule has 4 aromatic rings. The number of imidazole rings is 1. The number of carbonyl (C=O) groups excluding carboxylic acids is 1. The van der Waals surface area contributed by atoms with E-state index in [2.05, 4.69) is 26.8 Å². The maximum atomic E-state index is 12.8. The van der Waals surface area contributed by atoms with Gasteiger partial charge in [0.1, 0.15) is 5.82 Å². The minimum atomic E-state index is -0.229. The number of carbonyl (C=O) groups is 1. The van der Waals surface area contributed by atoms with Gasteiger partial charge < -0.3 is 9.47 Å². The van der Waals surface area contributed by atoms with E-state index in [1.807, 2.05) is 42.5 Å². The second-order valence-corrected chi connectivity index (χ2v) is 6.83. The van der Waals surface area contributed by atoms with Crippen molar-refractivity contribution in [2.75, 3.05) is 7.05 Å². The van der Waals surface area contributed by atoms with Crippen molar-refractivity contribution < 1.29 is 4.79 Å². The molecule has 0 atom stereocenters. The van der Waals surface area contributed by atoms with Crippen LogP contribution in [0.5, 0.6) is 0 Å². The van der Waals surface area contributed by atoms with Gasteiger partial charge in [0, 0.05) is 13.6 Å². The summed E-state index contributed by atoms with van der Waals surface area (Å²) in [6.45, 7) is 3.22. The van der Waals surface area contributed by atoms with Crippen LogP contribution >= 0.6 is 11.6 Å². The van der Waals surface area contributed by atoms with Gasteiger partial charge in [-0.05, 0) is 31.2 Å². The topological polar surface area (TPSA) is 68.8 Å². The lowest BCUT2D eigenvalue weighted by Gasteiger charge is -2.16. The van der Waals surface area contributed by atoms with E-state index in [-0.39, 0.29) is 11.6 Å². The smallest absolute Gasteiger partial charge is 0.276 e. The number of amides is 1. The summed E-state index contributed by atoms with van der Waals surface area (Å²) < 4.78 is 3.62. The predicted molar refractivity (Wildman–Crippen MR) is 108 cm³/mol. The number of aromatic nitrogens is 5. The Balaban J connectivity index is 1.57. The summed E-state index contributed by atoms with van der Waals surface area (Å²) in [7, 11) is 1.73. The van der Waals surface area contributed by atoms with Crippen LogP contribution in [-0.2, 0) is 13.1 Å². The summed E-state index contributed by atoms with van der Waals surface area (Å²) in [4.78, 5) is 19.1. The molecule has 0 N–H and O–H groups in total. The average molecular weight is 395 g/mol. The number of para-hydroxylation sites is 3. The fourth-order valence-corrected chi connectivity index (χ4v) is 3.42. The molecule has 4 rings (SSSR count). The molecule has 7 nitrogen and oxygen atoms in total. The van der Waals surface area contributed by atoms with Gasteiger partial charge in [0.05, 0.1) is 34.5 Å². The first kappa shape index (κ1) is 18.2. The molecule has 0 spiro atoms. The van der Waals surface area contributed by atoms with Crippen LogP contribution in [0.15, 0.2) is 54.7 Å². The van der Waals surface area contributed by atoms with E-state index in [0.29, 0.717) is 17.3 Å². The van der Waals surface area contributed by atoms with Crippen LogP contribution in [0.25, 0.3) is 16.7 Å². The second-order valence-electron chi connectivity index (χ2n) is 6.42. The normalized spacial score (nSPS) is 11.1. The molecule has 2 heterocycles. The Morgan fingerprint density at radius 3 is 2.68 bits per heavy atom. The Hall–Kier alpha value is -3.19. The largest absolute Gasteiger partial charge is 0.333 e. The molecule has 0 aliphatic rings. The second kappa shape index (κ2) is 7.44. The molecule has 0 unspecified atom stereocenters. The number of fused-ring (bicyclic) bond motifs is 1. The molecule has 0 bridgehead atoms. The minimum absolute atomic E-state index is 0.229. The highest BCUT2D eigenvalue weighted by molar-refractivity contribution is 6.32. The third-order valence-corrected chi connectivity index (χ3v) is 4.91. The van der Waals surface area contributed by atoms with Crippen LogP contribution < -0.4 is 0 Å². The third kappa shape index (κ3) is 3.25. The zero-order valence-electron chi connectivity index (χ0n) is 15.6. The lowest BCUT2D eigenvalue weighted by Crippen LogP contribution is -2.28. The van der Waals surface area contributed by atoms with Crippen molar-refractivity contribution in [2.45, 2.75) is 20.0 Å². The maximum absolute atomic E-state index is 12.8. The van der Waals surface area contributed by atoms with Crippen LogP contribution in [0.1, 0.15) is 23.2 Å². The molecule has 0 fully saturated rings. The summed E-state index contributed by atoms with van der Waals surface area (Å²) in [5.74, 6) is 0.603. The van der Waals surface area contributed by atoms with Crippen molar-refractivity contribution in [3.8, 4) is 5.69 Å². The summed E-state index contributed by atoms with van der Waals surface area (Å²) in [5.41, 5.74) is 2.91. The van der Waals surface area contributed by atoms with Crippen molar-refractivity contribution in [3.63, 3.8) is 0 Å². The molecule has 0 aliphatic carbocycles. The summed E-state index contributed by atoms with van der Waals surface area (Å²) in [5, 5.41) is 8.60. The molecule has 8 heteroatoms. The van der Waals surface area contributed by atoms with Crippen LogP contribution in [0.2, 0.25) is 5.02 Å². The average Bonchev–Trinajstić information content (AvgIpc) is 3.32. The monoisotopic (exact) mass is 394 g/mol. The maximum Gasteiger partial charge on any atom is 0.276 e. The highest BCUT2D eigenvalue weighted by Crippen LogP contribution is 2.20. The van der Waals surface area contributed by atoms with Crippen molar-refractivity contribution in [1.82, 2.24) is 29.4 Å². The van der Waals surface area contributed by atoms with Gasteiger partial charge in [-0.1, -0.05) is 41.1 Å². The van der Waals surface area contributed by atoms with Crippen LogP contribution in [0.3, 0.4) is 0 Å². The van der Waals surface area contributed by atoms with E-state index in [1.54, 1.807) is 24.2 Å². The van der Waals surface area contributed by atoms with Crippen molar-refractivity contribution in [2.24, 2.45) is 0 Å². The molecule has 28 heavy (non-hydrogen) atoms. The van der Waals surface area contributed by atoms with Gasteiger partial charge in [-0.2, -0.15) is 0 Å². The van der Waals surface area contributed by atoms with Crippen LogP contribution in [0.4, 0.5) is 0 Å². The molecule has 0 saturated carbocycles. The fourth-order valence-electron chi connectivity index (χ4n) is 3.20. The SMILES string of the molecule is CCn1c(CN(C)C(=O)c2cn(-c3ccccc3Cl)nn2)nc2ccccc21. The van der Waals surface area contributed by atoms with Crippen LogP contribution in [-0.4, -0.2) is 42.4 Å². The van der Waals surface area contributed by atoms with E-state index >= 15 is 0 Å². The standard InChI is InChI=1S/C20H19ClN6O/c1-3-26-18-11-7-5-9-15(18)22-19(26)13-25(2)20(28)16-12-27(24-23-16)17-10-6-4-8-14(17)21/h4-12H,3,13H2,1-2H3. The summed E-state index contributed by atoms with van der Waals surface area (Å²) in [6, 6.07) is 15.2. The van der Waals surface area contributed by atoms with Gasteiger partial charge in [0.2, 0.25) is 0 Å². The molecule has 1 amide bonds. The first-order valence-electron chi connectivity index (χ1n) is 8.95. The number of aryl methyl sites for hydroxylation is 1. The van der Waals surface area contributed by atoms with Gasteiger partial charge in [-0.3, -0.25) is 4.79 Å². The molecule has 2 aromatic heterocycles. The van der Waals surface area contributed by atoms with Gasteiger partial charge in [0.15, 0.2) is 5.69 Å². The van der Waals surface area contributed by atoms with E-state index in [0.717, 1.165) is 23.4 Å². The van der Waals surface area contributed by atoms with Gasteiger partial charge in [-0.25, -0.2) is 9.67 Å². The molecule has 0 saturated heterocycles. The Labute approximate surface area is 167 Å². The molecule has 0 radical (unpaired) electrons. The number of hydrogen-bond donors (Lipinski definition) is 0. The minimum Gasteiger partial charge on any atom is -0.333 e. The van der Waals surface area contributed by atoms with Crippen molar-refractivity contribution >= 4 is 28.5 Å². The van der Waals surface area contributed by atoms with E-state index in [9.17, 15) is 4.79 Å². The predicted octanol–water partition coefficient (Wildman–Crippen LogP) is 3.56. The number of hydrogen-bond acceptors (Lipinski definition) is 4. The lowest BCUT2D eigenvalue weighted by atomic mass is 10.3.